The fourth-order valence-corrected chi connectivity index (χ4v) is 8.13. The molecule has 0 aliphatic heterocycles. The Bertz CT molecular complexity index is 3290. The van der Waals surface area contributed by atoms with Crippen molar-refractivity contribution in [1.82, 2.24) is 20.2 Å². The van der Waals surface area contributed by atoms with E-state index < -0.39 is 0 Å². The fraction of sp³-hybridized carbons (Fsp3) is 0. The minimum atomic E-state index is 0.488. The van der Waals surface area contributed by atoms with Gasteiger partial charge in [0.25, 0.3) is 0 Å². The first-order valence-corrected chi connectivity index (χ1v) is 19.7. The molecule has 11 rings (SSSR count). The summed E-state index contributed by atoms with van der Waals surface area (Å²) in [4.78, 5) is 10.9. The Morgan fingerprint density at radius 2 is 0.661 bits per heavy atom. The van der Waals surface area contributed by atoms with Crippen molar-refractivity contribution in [3.05, 3.63) is 206 Å². The van der Waals surface area contributed by atoms with Gasteiger partial charge in [0.2, 0.25) is 11.8 Å². The number of rotatable bonds is 7. The normalized spacial score (nSPS) is 11.4. The number of aromatic nitrogens is 4. The molecule has 2 heterocycles. The van der Waals surface area contributed by atoms with Crippen LogP contribution in [0.3, 0.4) is 0 Å². The first-order chi connectivity index (χ1) is 29.2. The van der Waals surface area contributed by atoms with Crippen LogP contribution < -0.4 is 0 Å². The highest BCUT2D eigenvalue weighted by molar-refractivity contribution is 6.08. The Morgan fingerprint density at radius 3 is 1.17 bits per heavy atom. The SMILES string of the molecule is c1ccc(-c2nnc(-c3ccc(-c4ccc(-c5nc6cc(-c7cccc8ccccc78)c(-c7cccc8ccccc78)cc6nc5-c5ccccc5)cc4)cc3)o2)cc1. The molecule has 0 fully saturated rings. The lowest BCUT2D eigenvalue weighted by molar-refractivity contribution is 0.584. The molecule has 59 heavy (non-hydrogen) atoms. The van der Waals surface area contributed by atoms with E-state index in [2.05, 4.69) is 168 Å². The summed E-state index contributed by atoms with van der Waals surface area (Å²) in [5.74, 6) is 0.990. The molecule has 0 atom stereocenters. The van der Waals surface area contributed by atoms with Crippen LogP contribution in [0.2, 0.25) is 0 Å². The van der Waals surface area contributed by atoms with Gasteiger partial charge < -0.3 is 4.42 Å². The van der Waals surface area contributed by atoms with Crippen molar-refractivity contribution < 1.29 is 4.42 Å². The minimum Gasteiger partial charge on any atom is -0.416 e. The van der Waals surface area contributed by atoms with Gasteiger partial charge in [0.05, 0.1) is 22.4 Å². The van der Waals surface area contributed by atoms with Gasteiger partial charge >= 0.3 is 0 Å². The highest BCUT2D eigenvalue weighted by Crippen LogP contribution is 2.42. The zero-order chi connectivity index (χ0) is 39.1. The molecule has 0 saturated carbocycles. The Morgan fingerprint density at radius 1 is 0.288 bits per heavy atom. The van der Waals surface area contributed by atoms with Crippen molar-refractivity contribution in [2.75, 3.05) is 0 Å². The van der Waals surface area contributed by atoms with Gasteiger partial charge in [-0.05, 0) is 91.3 Å². The van der Waals surface area contributed by atoms with E-state index in [1.165, 1.54) is 21.5 Å². The topological polar surface area (TPSA) is 64.7 Å². The molecule has 0 aliphatic rings. The van der Waals surface area contributed by atoms with Gasteiger partial charge in [-0.25, -0.2) is 9.97 Å². The highest BCUT2D eigenvalue weighted by Gasteiger charge is 2.19. The molecule has 0 radical (unpaired) electrons. The van der Waals surface area contributed by atoms with Gasteiger partial charge in [0.15, 0.2) is 0 Å². The summed E-state index contributed by atoms with van der Waals surface area (Å²) >= 11 is 0. The van der Waals surface area contributed by atoms with Crippen LogP contribution in [-0.2, 0) is 0 Å². The quantitative estimate of drug-likeness (QED) is 0.162. The Kier molecular flexibility index (Phi) is 8.41. The first kappa shape index (κ1) is 34.2. The smallest absolute Gasteiger partial charge is 0.248 e. The lowest BCUT2D eigenvalue weighted by Gasteiger charge is -2.17. The number of nitrogens with zero attached hydrogens (tertiary/aromatic N) is 4. The van der Waals surface area contributed by atoms with Gasteiger partial charge in [-0.3, -0.25) is 0 Å². The van der Waals surface area contributed by atoms with E-state index in [4.69, 9.17) is 14.4 Å². The van der Waals surface area contributed by atoms with Crippen molar-refractivity contribution in [2.45, 2.75) is 0 Å². The van der Waals surface area contributed by atoms with Crippen LogP contribution in [0.1, 0.15) is 0 Å². The lowest BCUT2D eigenvalue weighted by Crippen LogP contribution is -1.98. The van der Waals surface area contributed by atoms with Crippen molar-refractivity contribution in [2.24, 2.45) is 0 Å². The molecule has 2 aromatic heterocycles. The third-order valence-electron chi connectivity index (χ3n) is 11.1. The minimum absolute atomic E-state index is 0.488. The van der Waals surface area contributed by atoms with Gasteiger partial charge in [0.1, 0.15) is 0 Å². The molecule has 0 spiro atoms. The summed E-state index contributed by atoms with van der Waals surface area (Å²) in [5.41, 5.74) is 13.8. The van der Waals surface area contributed by atoms with E-state index >= 15 is 0 Å². The monoisotopic (exact) mass is 754 g/mol. The average Bonchev–Trinajstić information content (AvgIpc) is 3.82. The Hall–Kier alpha value is -8.02. The van der Waals surface area contributed by atoms with E-state index in [-0.39, 0.29) is 0 Å². The van der Waals surface area contributed by atoms with Crippen molar-refractivity contribution in [1.29, 1.82) is 0 Å². The largest absolute Gasteiger partial charge is 0.416 e. The zero-order valence-electron chi connectivity index (χ0n) is 31.8. The summed E-state index contributed by atoms with van der Waals surface area (Å²) in [5, 5.41) is 13.4. The number of hydrogen-bond donors (Lipinski definition) is 0. The Balaban J connectivity index is 1.03. The van der Waals surface area contributed by atoms with E-state index in [1.54, 1.807) is 0 Å². The maximum atomic E-state index is 6.01. The molecule has 0 amide bonds. The lowest BCUT2D eigenvalue weighted by atomic mass is 9.88. The summed E-state index contributed by atoms with van der Waals surface area (Å²) in [6.45, 7) is 0. The summed E-state index contributed by atoms with van der Waals surface area (Å²) in [6.07, 6.45) is 0. The van der Waals surface area contributed by atoms with E-state index in [0.29, 0.717) is 11.8 Å². The van der Waals surface area contributed by atoms with Crippen LogP contribution in [0.5, 0.6) is 0 Å². The predicted molar refractivity (Wildman–Crippen MR) is 240 cm³/mol. The number of benzene rings is 9. The Labute approximate surface area is 341 Å². The molecule has 0 aliphatic carbocycles. The molecule has 11 aromatic rings. The molecule has 0 unspecified atom stereocenters. The van der Waals surface area contributed by atoms with Gasteiger partial charge in [-0.1, -0.05) is 170 Å². The van der Waals surface area contributed by atoms with Crippen molar-refractivity contribution in [3.63, 3.8) is 0 Å². The third kappa shape index (κ3) is 6.32. The number of hydrogen-bond acceptors (Lipinski definition) is 5. The zero-order valence-corrected chi connectivity index (χ0v) is 31.8. The van der Waals surface area contributed by atoms with Crippen molar-refractivity contribution in [3.8, 4) is 78.8 Å². The van der Waals surface area contributed by atoms with E-state index in [9.17, 15) is 0 Å². The molecular formula is C54H34N4O. The van der Waals surface area contributed by atoms with Crippen molar-refractivity contribution >= 4 is 32.6 Å². The first-order valence-electron chi connectivity index (χ1n) is 19.7. The van der Waals surface area contributed by atoms with Gasteiger partial charge in [0, 0.05) is 22.3 Å². The van der Waals surface area contributed by atoms with Gasteiger partial charge in [-0.15, -0.1) is 10.2 Å². The second-order valence-corrected chi connectivity index (χ2v) is 14.7. The van der Waals surface area contributed by atoms with Crippen LogP contribution in [0.15, 0.2) is 211 Å². The molecule has 5 heteroatoms. The fourth-order valence-electron chi connectivity index (χ4n) is 8.13. The number of fused-ring (bicyclic) bond motifs is 3. The average molecular weight is 755 g/mol. The summed E-state index contributed by atoms with van der Waals surface area (Å²) in [6, 6.07) is 71.7. The molecule has 0 saturated heterocycles. The predicted octanol–water partition coefficient (Wildman–Crippen LogP) is 14.0. The highest BCUT2D eigenvalue weighted by atomic mass is 16.4. The maximum Gasteiger partial charge on any atom is 0.248 e. The van der Waals surface area contributed by atoms with Crippen LogP contribution in [-0.4, -0.2) is 20.2 Å². The summed E-state index contributed by atoms with van der Waals surface area (Å²) in [7, 11) is 0. The molecular weight excluding hydrogens is 721 g/mol. The summed E-state index contributed by atoms with van der Waals surface area (Å²) < 4.78 is 6.01. The molecule has 0 N–H and O–H groups in total. The molecule has 9 aromatic carbocycles. The molecule has 276 valence electrons. The van der Waals surface area contributed by atoms with Crippen LogP contribution in [0.25, 0.3) is 111 Å². The molecule has 0 bridgehead atoms. The second-order valence-electron chi connectivity index (χ2n) is 14.7. The van der Waals surface area contributed by atoms with Gasteiger partial charge in [-0.2, -0.15) is 0 Å². The van der Waals surface area contributed by atoms with E-state index in [0.717, 1.165) is 78.1 Å². The molecule has 5 nitrogen and oxygen atoms in total. The van der Waals surface area contributed by atoms with Crippen LogP contribution in [0.4, 0.5) is 0 Å². The van der Waals surface area contributed by atoms with Crippen LogP contribution in [0, 0.1) is 0 Å². The third-order valence-corrected chi connectivity index (χ3v) is 11.1. The second kappa shape index (κ2) is 14.5. The maximum absolute atomic E-state index is 6.01. The van der Waals surface area contributed by atoms with Crippen LogP contribution >= 0.6 is 0 Å². The van der Waals surface area contributed by atoms with E-state index in [1.807, 2.05) is 48.5 Å². The standard InChI is InChI=1S/C54H34N4O/c1-3-15-39(16-4-1)51-52(40-29-25-35(26-30-40)36-27-31-42(32-28-36)54-58-57-53(59-54)41-17-5-2-6-18-41)56-50-34-48(46-24-12-20-38-14-8-10-22-44(38)46)47(33-49(50)55-51)45-23-11-19-37-13-7-9-21-43(37)45/h1-34H.